The van der Waals surface area contributed by atoms with Crippen LogP contribution in [-0.2, 0) is 0 Å². The summed E-state index contributed by atoms with van der Waals surface area (Å²) < 4.78 is 66.4. The summed E-state index contributed by atoms with van der Waals surface area (Å²) in [4.78, 5) is 13.6. The van der Waals surface area contributed by atoms with Crippen LogP contribution in [0.25, 0.3) is 11.0 Å². The summed E-state index contributed by atoms with van der Waals surface area (Å²) in [6.45, 7) is 0.814. The van der Waals surface area contributed by atoms with Gasteiger partial charge in [-0.1, -0.05) is 12.0 Å². The molecule has 39 heavy (non-hydrogen) atoms. The molecule has 0 bridgehead atoms. The molecule has 1 aromatic heterocycles. The van der Waals surface area contributed by atoms with Crippen LogP contribution >= 0.6 is 11.8 Å². The standard InChI is InChI=1S/C27H28F4N4O3S/c1-32-21-14-16(26(36)33-2)9-10-22(21)37-13-5-8-23-25(39-27(29,30)31)17-6-4-7-20(24(17)38-23)34-19-11-12-35(3)15-18(19)28/h4,6-7,9-10,14,18-19,32,34H,11-13,15H2,1-3H3,(H,33,36)/t18-,19+/m0/s1. The lowest BCUT2D eigenvalue weighted by atomic mass is 10.0. The number of para-hydroxylation sites is 1. The van der Waals surface area contributed by atoms with Gasteiger partial charge in [0.25, 0.3) is 5.91 Å². The maximum atomic E-state index is 14.6. The zero-order chi connectivity index (χ0) is 28.2. The van der Waals surface area contributed by atoms with Gasteiger partial charge in [-0.05, 0) is 61.5 Å². The van der Waals surface area contributed by atoms with Gasteiger partial charge >= 0.3 is 5.51 Å². The molecule has 0 unspecified atom stereocenters. The third-order valence-electron chi connectivity index (χ3n) is 6.21. The van der Waals surface area contributed by atoms with Crippen molar-refractivity contribution in [2.24, 2.45) is 0 Å². The second kappa shape index (κ2) is 12.1. The number of alkyl halides is 4. The second-order valence-electron chi connectivity index (χ2n) is 8.94. The van der Waals surface area contributed by atoms with Crippen LogP contribution in [0.4, 0.5) is 28.9 Å². The van der Waals surface area contributed by atoms with Gasteiger partial charge < -0.3 is 30.0 Å². The fraction of sp³-hybridized carbons (Fsp3) is 0.370. The van der Waals surface area contributed by atoms with E-state index in [1.807, 2.05) is 11.9 Å². The molecule has 7 nitrogen and oxygen atoms in total. The second-order valence-corrected chi connectivity index (χ2v) is 10.0. The normalized spacial score (nSPS) is 17.8. The molecule has 0 aliphatic carbocycles. The van der Waals surface area contributed by atoms with E-state index in [9.17, 15) is 22.4 Å². The number of nitrogens with zero attached hydrogens (tertiary/aromatic N) is 1. The number of ether oxygens (including phenoxy) is 1. The molecule has 0 radical (unpaired) electrons. The molecule has 3 aromatic rings. The zero-order valence-corrected chi connectivity index (χ0v) is 22.4. The number of halogens is 4. The number of hydrogen-bond donors (Lipinski definition) is 3. The molecule has 1 fully saturated rings. The van der Waals surface area contributed by atoms with Crippen molar-refractivity contribution in [1.29, 1.82) is 0 Å². The summed E-state index contributed by atoms with van der Waals surface area (Å²) in [6.07, 6.45) is -0.593. The lowest BCUT2D eigenvalue weighted by Crippen LogP contribution is -2.46. The Bertz CT molecular complexity index is 1400. The molecule has 0 spiro atoms. The quantitative estimate of drug-likeness (QED) is 0.203. The summed E-state index contributed by atoms with van der Waals surface area (Å²) in [5, 5.41) is 8.83. The van der Waals surface area contributed by atoms with Crippen LogP contribution in [0.2, 0.25) is 0 Å². The Morgan fingerprint density at radius 1 is 1.23 bits per heavy atom. The van der Waals surface area contributed by atoms with E-state index in [1.165, 1.54) is 13.1 Å². The van der Waals surface area contributed by atoms with Crippen molar-refractivity contribution < 1.29 is 31.5 Å². The number of nitrogens with one attached hydrogen (secondary N) is 3. The van der Waals surface area contributed by atoms with E-state index in [0.717, 1.165) is 0 Å². The lowest BCUT2D eigenvalue weighted by molar-refractivity contribution is -0.0328. The van der Waals surface area contributed by atoms with Crippen LogP contribution in [-0.4, -0.2) is 69.4 Å². The molecular formula is C27H28F4N4O3S. The number of anilines is 2. The molecular weight excluding hydrogens is 536 g/mol. The Balaban J connectivity index is 1.59. The van der Waals surface area contributed by atoms with E-state index in [-0.39, 0.29) is 52.4 Å². The minimum absolute atomic E-state index is 0.147. The largest absolute Gasteiger partial charge is 0.479 e. The van der Waals surface area contributed by atoms with E-state index in [1.54, 1.807) is 37.4 Å². The minimum Gasteiger partial charge on any atom is -0.479 e. The van der Waals surface area contributed by atoms with Crippen molar-refractivity contribution in [3.8, 4) is 17.6 Å². The van der Waals surface area contributed by atoms with Gasteiger partial charge in [0.1, 0.15) is 18.5 Å². The van der Waals surface area contributed by atoms with Gasteiger partial charge in [-0.15, -0.1) is 0 Å². The average Bonchev–Trinajstić information content (AvgIpc) is 3.24. The van der Waals surface area contributed by atoms with Gasteiger partial charge in [-0.25, -0.2) is 4.39 Å². The van der Waals surface area contributed by atoms with Crippen LogP contribution < -0.4 is 20.7 Å². The number of benzene rings is 2. The number of fused-ring (bicyclic) bond motifs is 1. The highest BCUT2D eigenvalue weighted by Crippen LogP contribution is 2.45. The van der Waals surface area contributed by atoms with Crippen LogP contribution in [0.15, 0.2) is 45.7 Å². The van der Waals surface area contributed by atoms with Crippen molar-refractivity contribution in [3.63, 3.8) is 0 Å². The third kappa shape index (κ3) is 6.91. The lowest BCUT2D eigenvalue weighted by Gasteiger charge is -2.33. The molecule has 1 aliphatic rings. The Labute approximate surface area is 227 Å². The highest BCUT2D eigenvalue weighted by Gasteiger charge is 2.34. The SMILES string of the molecule is CNC(=O)c1ccc(OCC#Cc2oc3c(N[C@@H]4CCN(C)C[C@@H]4F)cccc3c2SC(F)(F)F)c(NC)c1. The van der Waals surface area contributed by atoms with E-state index in [2.05, 4.69) is 27.8 Å². The molecule has 2 aromatic carbocycles. The maximum absolute atomic E-state index is 14.6. The molecule has 208 valence electrons. The predicted octanol–water partition coefficient (Wildman–Crippen LogP) is 5.33. The van der Waals surface area contributed by atoms with Crippen molar-refractivity contribution in [3.05, 3.63) is 47.7 Å². The molecule has 12 heteroatoms. The first-order chi connectivity index (χ1) is 18.6. The molecule has 4 rings (SSSR count). The number of carbonyl (C=O) groups excluding carboxylic acids is 1. The number of furan rings is 1. The van der Waals surface area contributed by atoms with E-state index >= 15 is 0 Å². The van der Waals surface area contributed by atoms with E-state index in [0.29, 0.717) is 35.7 Å². The van der Waals surface area contributed by atoms with Crippen LogP contribution in [0, 0.1) is 11.8 Å². The Hall–Kier alpha value is -3.56. The number of amides is 1. The molecule has 1 saturated heterocycles. The zero-order valence-electron chi connectivity index (χ0n) is 21.5. The average molecular weight is 565 g/mol. The maximum Gasteiger partial charge on any atom is 0.446 e. The summed E-state index contributed by atoms with van der Waals surface area (Å²) in [5.74, 6) is 5.37. The van der Waals surface area contributed by atoms with Crippen molar-refractivity contribution in [1.82, 2.24) is 10.2 Å². The first-order valence-corrected chi connectivity index (χ1v) is 13.0. The Morgan fingerprint density at radius 3 is 2.72 bits per heavy atom. The number of likely N-dealkylation sites (tertiary alicyclic amines) is 1. The molecule has 1 aliphatic heterocycles. The summed E-state index contributed by atoms with van der Waals surface area (Å²) in [6, 6.07) is 9.08. The third-order valence-corrected chi connectivity index (χ3v) is 7.05. The van der Waals surface area contributed by atoms with Crippen LogP contribution in [0.1, 0.15) is 22.5 Å². The van der Waals surface area contributed by atoms with Crippen LogP contribution in [0.3, 0.4) is 0 Å². The van der Waals surface area contributed by atoms with E-state index in [4.69, 9.17) is 9.15 Å². The first-order valence-electron chi connectivity index (χ1n) is 12.2. The number of hydrogen-bond acceptors (Lipinski definition) is 7. The van der Waals surface area contributed by atoms with Gasteiger partial charge in [-0.3, -0.25) is 4.79 Å². The smallest absolute Gasteiger partial charge is 0.446 e. The molecule has 2 atom stereocenters. The summed E-state index contributed by atoms with van der Waals surface area (Å²) >= 11 is -0.307. The van der Waals surface area contributed by atoms with Gasteiger partial charge in [-0.2, -0.15) is 13.2 Å². The number of piperidine rings is 1. The van der Waals surface area contributed by atoms with Gasteiger partial charge in [0, 0.05) is 38.1 Å². The monoisotopic (exact) mass is 564 g/mol. The highest BCUT2D eigenvalue weighted by molar-refractivity contribution is 8.00. The molecule has 2 heterocycles. The number of carbonyl (C=O) groups is 1. The Kier molecular flexibility index (Phi) is 8.82. The van der Waals surface area contributed by atoms with Crippen molar-refractivity contribution >= 4 is 40.0 Å². The minimum atomic E-state index is -4.57. The van der Waals surface area contributed by atoms with Gasteiger partial charge in [0.05, 0.1) is 22.3 Å². The summed E-state index contributed by atoms with van der Waals surface area (Å²) in [7, 11) is 5.03. The predicted molar refractivity (Wildman–Crippen MR) is 144 cm³/mol. The number of rotatable bonds is 7. The number of thioether (sulfide) groups is 1. The molecule has 3 N–H and O–H groups in total. The fourth-order valence-electron chi connectivity index (χ4n) is 4.30. The molecule has 1 amide bonds. The van der Waals surface area contributed by atoms with Crippen LogP contribution in [0.5, 0.6) is 5.75 Å². The highest BCUT2D eigenvalue weighted by atomic mass is 32.2. The van der Waals surface area contributed by atoms with Gasteiger partial charge in [0.2, 0.25) is 0 Å². The van der Waals surface area contributed by atoms with E-state index < -0.39 is 17.7 Å². The fourth-order valence-corrected chi connectivity index (χ4v) is 4.98. The summed E-state index contributed by atoms with van der Waals surface area (Å²) in [5.41, 5.74) is -3.00. The van der Waals surface area contributed by atoms with Crippen molar-refractivity contribution in [2.45, 2.75) is 29.0 Å². The van der Waals surface area contributed by atoms with Crippen molar-refractivity contribution in [2.75, 3.05) is 51.5 Å². The van der Waals surface area contributed by atoms with Gasteiger partial charge in [0.15, 0.2) is 11.3 Å². The molecule has 0 saturated carbocycles. The first kappa shape index (κ1) is 28.4. The Morgan fingerprint density at radius 2 is 2.03 bits per heavy atom. The topological polar surface area (TPSA) is 78.8 Å².